The third kappa shape index (κ3) is 1.58. The van der Waals surface area contributed by atoms with Gasteiger partial charge in [0.25, 0.3) is 0 Å². The molecule has 1 amide bonds. The molecule has 92 valence electrons. The maximum absolute atomic E-state index is 11.4. The number of aliphatic hydroxyl groups is 2. The topological polar surface area (TPSA) is 107 Å². The van der Waals surface area contributed by atoms with Gasteiger partial charge in [0.15, 0.2) is 5.54 Å². The van der Waals surface area contributed by atoms with Gasteiger partial charge >= 0.3 is 5.97 Å². The molecule has 4 N–H and O–H groups in total. The van der Waals surface area contributed by atoms with Gasteiger partial charge in [-0.3, -0.25) is 4.79 Å². The van der Waals surface area contributed by atoms with Gasteiger partial charge in [-0.15, -0.1) is 0 Å². The molecule has 0 aliphatic carbocycles. The molecule has 6 heteroatoms. The number of nitrogens with one attached hydrogen (secondary N) is 1. The van der Waals surface area contributed by atoms with Crippen LogP contribution in [-0.4, -0.2) is 44.9 Å². The number of amides is 1. The molecule has 1 saturated heterocycles. The van der Waals surface area contributed by atoms with E-state index < -0.39 is 41.5 Å². The van der Waals surface area contributed by atoms with E-state index in [1.54, 1.807) is 13.8 Å². The number of carbonyl (C=O) groups is 2. The lowest BCUT2D eigenvalue weighted by Crippen LogP contribution is -2.65. The first-order chi connectivity index (χ1) is 7.25. The molecular weight excluding hydrogens is 214 g/mol. The van der Waals surface area contributed by atoms with Crippen LogP contribution in [0.2, 0.25) is 0 Å². The quantitative estimate of drug-likeness (QED) is 0.496. The standard InChI is InChI=1S/C10H17NO5/c1-4(2)6(12)10(9(15)16)7(13)5(3)8(14)11-10/h4-7,12-13H,1-3H3,(H,11,14)(H,15,16)/t5-,6+,7+,10-/m1/s1. The fraction of sp³-hybridized carbons (Fsp3) is 0.800. The van der Waals surface area contributed by atoms with E-state index >= 15 is 0 Å². The van der Waals surface area contributed by atoms with Gasteiger partial charge in [-0.05, 0) is 5.92 Å². The van der Waals surface area contributed by atoms with Crippen LogP contribution in [0.25, 0.3) is 0 Å². The van der Waals surface area contributed by atoms with Crippen molar-refractivity contribution in [2.75, 3.05) is 0 Å². The number of carboxylic acids is 1. The summed E-state index contributed by atoms with van der Waals surface area (Å²) in [6, 6.07) is 0. The summed E-state index contributed by atoms with van der Waals surface area (Å²) in [6.07, 6.45) is -2.77. The summed E-state index contributed by atoms with van der Waals surface area (Å²) in [5, 5.41) is 31.1. The third-order valence-corrected chi connectivity index (χ3v) is 3.14. The second-order valence-electron chi connectivity index (χ2n) is 4.59. The summed E-state index contributed by atoms with van der Waals surface area (Å²) in [5.41, 5.74) is -2.00. The molecule has 1 rings (SSSR count). The van der Waals surface area contributed by atoms with Crippen molar-refractivity contribution in [2.45, 2.75) is 38.5 Å². The molecule has 1 fully saturated rings. The molecule has 1 aliphatic heterocycles. The minimum Gasteiger partial charge on any atom is -0.479 e. The number of aliphatic carboxylic acids is 1. The number of carbonyl (C=O) groups excluding carboxylic acids is 1. The molecule has 6 nitrogen and oxygen atoms in total. The zero-order chi connectivity index (χ0) is 12.7. The maximum Gasteiger partial charge on any atom is 0.334 e. The van der Waals surface area contributed by atoms with Crippen molar-refractivity contribution in [3.63, 3.8) is 0 Å². The van der Waals surface area contributed by atoms with Crippen molar-refractivity contribution >= 4 is 11.9 Å². The summed E-state index contributed by atoms with van der Waals surface area (Å²) < 4.78 is 0. The normalized spacial score (nSPS) is 36.2. The average molecular weight is 231 g/mol. The molecule has 0 saturated carbocycles. The van der Waals surface area contributed by atoms with Crippen LogP contribution in [-0.2, 0) is 9.59 Å². The van der Waals surface area contributed by atoms with Crippen LogP contribution in [0.3, 0.4) is 0 Å². The highest BCUT2D eigenvalue weighted by atomic mass is 16.4. The van der Waals surface area contributed by atoms with E-state index in [1.807, 2.05) is 0 Å². The second-order valence-corrected chi connectivity index (χ2v) is 4.59. The van der Waals surface area contributed by atoms with Crippen molar-refractivity contribution in [3.8, 4) is 0 Å². The number of hydrogen-bond donors (Lipinski definition) is 4. The van der Waals surface area contributed by atoms with Crippen LogP contribution in [0.5, 0.6) is 0 Å². The van der Waals surface area contributed by atoms with Crippen molar-refractivity contribution in [1.29, 1.82) is 0 Å². The Kier molecular flexibility index (Phi) is 3.25. The largest absolute Gasteiger partial charge is 0.479 e. The molecule has 1 aliphatic rings. The van der Waals surface area contributed by atoms with Crippen LogP contribution < -0.4 is 5.32 Å². The summed E-state index contributed by atoms with van der Waals surface area (Å²) in [7, 11) is 0. The van der Waals surface area contributed by atoms with Gasteiger partial charge in [-0.2, -0.15) is 0 Å². The predicted octanol–water partition coefficient (Wildman–Crippen LogP) is -1.05. The molecule has 0 aromatic rings. The molecule has 0 unspecified atom stereocenters. The highest BCUT2D eigenvalue weighted by molar-refractivity contribution is 5.94. The molecule has 0 bridgehead atoms. The Bertz CT molecular complexity index is 316. The van der Waals surface area contributed by atoms with E-state index in [2.05, 4.69) is 5.32 Å². The molecular formula is C10H17NO5. The Morgan fingerprint density at radius 2 is 2.00 bits per heavy atom. The van der Waals surface area contributed by atoms with Crippen LogP contribution in [0.4, 0.5) is 0 Å². The van der Waals surface area contributed by atoms with Crippen LogP contribution in [0.1, 0.15) is 20.8 Å². The fourth-order valence-corrected chi connectivity index (χ4v) is 2.01. The first-order valence-corrected chi connectivity index (χ1v) is 5.16. The third-order valence-electron chi connectivity index (χ3n) is 3.14. The van der Waals surface area contributed by atoms with Crippen molar-refractivity contribution in [2.24, 2.45) is 11.8 Å². The van der Waals surface area contributed by atoms with Gasteiger partial charge in [0.05, 0.1) is 12.0 Å². The van der Waals surface area contributed by atoms with Gasteiger partial charge < -0.3 is 20.6 Å². The van der Waals surface area contributed by atoms with Gasteiger partial charge in [0, 0.05) is 0 Å². The number of hydrogen-bond acceptors (Lipinski definition) is 4. The van der Waals surface area contributed by atoms with E-state index in [4.69, 9.17) is 5.11 Å². The van der Waals surface area contributed by atoms with Crippen LogP contribution >= 0.6 is 0 Å². The molecule has 0 spiro atoms. The Balaban J connectivity index is 3.18. The Labute approximate surface area is 93.3 Å². The zero-order valence-corrected chi connectivity index (χ0v) is 9.47. The molecule has 4 atom stereocenters. The highest BCUT2D eigenvalue weighted by Gasteiger charge is 2.61. The van der Waals surface area contributed by atoms with Crippen molar-refractivity contribution < 1.29 is 24.9 Å². The first kappa shape index (κ1) is 12.9. The van der Waals surface area contributed by atoms with E-state index in [0.29, 0.717) is 0 Å². The first-order valence-electron chi connectivity index (χ1n) is 5.16. The molecule has 16 heavy (non-hydrogen) atoms. The molecule has 0 aromatic heterocycles. The van der Waals surface area contributed by atoms with Gasteiger partial charge in [-0.25, -0.2) is 4.79 Å². The summed E-state index contributed by atoms with van der Waals surface area (Å²) in [6.45, 7) is 4.67. The van der Waals surface area contributed by atoms with Gasteiger partial charge in [-0.1, -0.05) is 20.8 Å². The van der Waals surface area contributed by atoms with Crippen molar-refractivity contribution in [3.05, 3.63) is 0 Å². The number of rotatable bonds is 3. The van der Waals surface area contributed by atoms with Gasteiger partial charge in [0.1, 0.15) is 6.10 Å². The predicted molar refractivity (Wildman–Crippen MR) is 54.5 cm³/mol. The average Bonchev–Trinajstić information content (AvgIpc) is 2.42. The lowest BCUT2D eigenvalue weighted by atomic mass is 9.80. The minimum atomic E-state index is -2.00. The van der Waals surface area contributed by atoms with Crippen LogP contribution in [0, 0.1) is 11.8 Å². The number of aliphatic hydroxyl groups excluding tert-OH is 2. The SMILES string of the molecule is CC(C)[C@H](O)[C@@]1(C(=O)O)NC(=O)[C@H](C)[C@@H]1O. The van der Waals surface area contributed by atoms with Crippen molar-refractivity contribution in [1.82, 2.24) is 5.32 Å². The van der Waals surface area contributed by atoms with Gasteiger partial charge in [0.2, 0.25) is 5.91 Å². The van der Waals surface area contributed by atoms with E-state index in [-0.39, 0.29) is 0 Å². The second kappa shape index (κ2) is 4.03. The Hall–Kier alpha value is -1.14. The Morgan fingerprint density at radius 1 is 1.50 bits per heavy atom. The number of carboxylic acid groups (broad SMARTS) is 1. The molecule has 0 aromatic carbocycles. The molecule has 0 radical (unpaired) electrons. The monoisotopic (exact) mass is 231 g/mol. The van der Waals surface area contributed by atoms with E-state index in [0.717, 1.165) is 0 Å². The summed E-state index contributed by atoms with van der Waals surface area (Å²) >= 11 is 0. The van der Waals surface area contributed by atoms with E-state index in [9.17, 15) is 19.8 Å². The summed E-state index contributed by atoms with van der Waals surface area (Å²) in [4.78, 5) is 22.6. The maximum atomic E-state index is 11.4. The lowest BCUT2D eigenvalue weighted by Gasteiger charge is -2.35. The Morgan fingerprint density at radius 3 is 2.25 bits per heavy atom. The minimum absolute atomic E-state index is 0.392. The smallest absolute Gasteiger partial charge is 0.334 e. The zero-order valence-electron chi connectivity index (χ0n) is 9.47. The van der Waals surface area contributed by atoms with E-state index in [1.165, 1.54) is 6.92 Å². The fourth-order valence-electron chi connectivity index (χ4n) is 2.01. The summed E-state index contributed by atoms with van der Waals surface area (Å²) in [5.74, 6) is -3.21. The highest BCUT2D eigenvalue weighted by Crippen LogP contribution is 2.32. The van der Waals surface area contributed by atoms with Crippen LogP contribution in [0.15, 0.2) is 0 Å². The molecule has 1 heterocycles. The lowest BCUT2D eigenvalue weighted by molar-refractivity contribution is -0.158.